The Labute approximate surface area is 105 Å². The Morgan fingerprint density at radius 1 is 1.12 bits per heavy atom. The predicted octanol–water partition coefficient (Wildman–Crippen LogP) is 4.31. The first-order valence-corrected chi connectivity index (χ1v) is 5.51. The first kappa shape index (κ1) is 11.5. The Hall–Kier alpha value is -1.98. The minimum absolute atomic E-state index is 0.505. The zero-order chi connectivity index (χ0) is 12.3. The average molecular weight is 244 g/mol. The predicted molar refractivity (Wildman–Crippen MR) is 67.4 cm³/mol. The highest BCUT2D eigenvalue weighted by molar-refractivity contribution is 6.32. The summed E-state index contributed by atoms with van der Waals surface area (Å²) < 4.78 is 5.63. The Kier molecular flexibility index (Phi) is 3.32. The monoisotopic (exact) mass is 243 g/mol. The molecule has 0 spiro atoms. The van der Waals surface area contributed by atoms with E-state index in [1.807, 2.05) is 25.1 Å². The van der Waals surface area contributed by atoms with Crippen LogP contribution in [0, 0.1) is 18.3 Å². The molecule has 2 aromatic carbocycles. The molecule has 0 radical (unpaired) electrons. The van der Waals surface area contributed by atoms with Crippen LogP contribution in [-0.2, 0) is 0 Å². The first-order chi connectivity index (χ1) is 8.20. The van der Waals surface area contributed by atoms with E-state index in [-0.39, 0.29) is 0 Å². The van der Waals surface area contributed by atoms with Crippen LogP contribution in [0.15, 0.2) is 42.5 Å². The van der Waals surface area contributed by atoms with Crippen molar-refractivity contribution in [2.45, 2.75) is 6.92 Å². The summed E-state index contributed by atoms with van der Waals surface area (Å²) in [5.41, 5.74) is 1.53. The van der Waals surface area contributed by atoms with Gasteiger partial charge in [0, 0.05) is 0 Å². The van der Waals surface area contributed by atoms with Crippen LogP contribution in [0.1, 0.15) is 11.1 Å². The van der Waals surface area contributed by atoms with Gasteiger partial charge in [0.15, 0.2) is 0 Å². The zero-order valence-corrected chi connectivity index (χ0v) is 10.0. The van der Waals surface area contributed by atoms with Crippen molar-refractivity contribution in [2.75, 3.05) is 0 Å². The van der Waals surface area contributed by atoms with Crippen LogP contribution in [0.5, 0.6) is 11.5 Å². The minimum Gasteiger partial charge on any atom is -0.454 e. The summed E-state index contributed by atoms with van der Waals surface area (Å²) in [6.45, 7) is 1.93. The molecule has 17 heavy (non-hydrogen) atoms. The van der Waals surface area contributed by atoms with Crippen LogP contribution in [0.2, 0.25) is 5.02 Å². The van der Waals surface area contributed by atoms with Crippen molar-refractivity contribution in [1.82, 2.24) is 0 Å². The van der Waals surface area contributed by atoms with Gasteiger partial charge in [-0.3, -0.25) is 0 Å². The molecule has 2 rings (SSSR count). The normalized spacial score (nSPS) is 9.71. The molecule has 0 aliphatic carbocycles. The number of rotatable bonds is 2. The summed E-state index contributed by atoms with van der Waals surface area (Å²) in [5.74, 6) is 1.07. The molecule has 0 bridgehead atoms. The van der Waals surface area contributed by atoms with Crippen molar-refractivity contribution in [1.29, 1.82) is 5.26 Å². The standard InChI is InChI=1S/C14H10ClNO/c1-10-6-7-13(11(8-10)9-16)17-14-5-3-2-4-12(14)15/h2-8H,1H3. The number of nitriles is 1. The second-order valence-corrected chi connectivity index (χ2v) is 4.05. The molecule has 0 aromatic heterocycles. The number of ether oxygens (including phenoxy) is 1. The zero-order valence-electron chi connectivity index (χ0n) is 9.27. The molecule has 0 amide bonds. The number of hydrogen-bond donors (Lipinski definition) is 0. The summed E-state index contributed by atoms with van der Waals surface area (Å²) in [7, 11) is 0. The summed E-state index contributed by atoms with van der Waals surface area (Å²) in [5, 5.41) is 9.55. The lowest BCUT2D eigenvalue weighted by Crippen LogP contribution is -1.89. The molecular formula is C14H10ClNO. The number of halogens is 1. The van der Waals surface area contributed by atoms with E-state index in [1.165, 1.54) is 0 Å². The van der Waals surface area contributed by atoms with Gasteiger partial charge in [0.2, 0.25) is 0 Å². The molecule has 0 fully saturated rings. The van der Waals surface area contributed by atoms with Gasteiger partial charge in [-0.15, -0.1) is 0 Å². The Morgan fingerprint density at radius 2 is 1.88 bits per heavy atom. The highest BCUT2D eigenvalue weighted by atomic mass is 35.5. The molecular weight excluding hydrogens is 234 g/mol. The van der Waals surface area contributed by atoms with Crippen molar-refractivity contribution in [3.63, 3.8) is 0 Å². The van der Waals surface area contributed by atoms with Crippen LogP contribution in [0.3, 0.4) is 0 Å². The third-order valence-electron chi connectivity index (χ3n) is 2.31. The van der Waals surface area contributed by atoms with Gasteiger partial charge < -0.3 is 4.74 Å². The molecule has 0 saturated heterocycles. The number of benzene rings is 2. The van der Waals surface area contributed by atoms with E-state index >= 15 is 0 Å². The lowest BCUT2D eigenvalue weighted by molar-refractivity contribution is 0.481. The van der Waals surface area contributed by atoms with Gasteiger partial charge in [-0.1, -0.05) is 29.8 Å². The molecule has 0 atom stereocenters. The molecule has 0 heterocycles. The third-order valence-corrected chi connectivity index (χ3v) is 2.62. The largest absolute Gasteiger partial charge is 0.454 e. The van der Waals surface area contributed by atoms with Crippen molar-refractivity contribution >= 4 is 11.6 Å². The minimum atomic E-state index is 0.505. The number of hydrogen-bond acceptors (Lipinski definition) is 2. The van der Waals surface area contributed by atoms with Gasteiger partial charge in [0.05, 0.1) is 10.6 Å². The molecule has 0 aliphatic rings. The van der Waals surface area contributed by atoms with E-state index in [0.29, 0.717) is 22.1 Å². The van der Waals surface area contributed by atoms with E-state index in [9.17, 15) is 0 Å². The third kappa shape index (κ3) is 2.58. The number of para-hydroxylation sites is 1. The van der Waals surface area contributed by atoms with Crippen molar-refractivity contribution in [3.8, 4) is 17.6 Å². The van der Waals surface area contributed by atoms with Gasteiger partial charge in [0.1, 0.15) is 17.6 Å². The molecule has 3 heteroatoms. The van der Waals surface area contributed by atoms with Crippen molar-refractivity contribution in [2.24, 2.45) is 0 Å². The van der Waals surface area contributed by atoms with Gasteiger partial charge in [0.25, 0.3) is 0 Å². The van der Waals surface area contributed by atoms with Gasteiger partial charge >= 0.3 is 0 Å². The fourth-order valence-corrected chi connectivity index (χ4v) is 1.64. The average Bonchev–Trinajstić information content (AvgIpc) is 2.34. The van der Waals surface area contributed by atoms with Crippen LogP contribution in [0.25, 0.3) is 0 Å². The first-order valence-electron chi connectivity index (χ1n) is 5.14. The summed E-state index contributed by atoms with van der Waals surface area (Å²) >= 11 is 5.99. The van der Waals surface area contributed by atoms with Crippen LogP contribution >= 0.6 is 11.6 Å². The molecule has 0 unspecified atom stereocenters. The molecule has 2 nitrogen and oxygen atoms in total. The van der Waals surface area contributed by atoms with Crippen molar-refractivity contribution in [3.05, 3.63) is 58.6 Å². The van der Waals surface area contributed by atoms with E-state index in [0.717, 1.165) is 5.56 Å². The maximum atomic E-state index is 9.03. The quantitative estimate of drug-likeness (QED) is 0.787. The molecule has 2 aromatic rings. The maximum absolute atomic E-state index is 9.03. The number of aryl methyl sites for hydroxylation is 1. The SMILES string of the molecule is Cc1ccc(Oc2ccccc2Cl)c(C#N)c1. The molecule has 84 valence electrons. The van der Waals surface area contributed by atoms with E-state index in [1.54, 1.807) is 24.3 Å². The highest BCUT2D eigenvalue weighted by Crippen LogP contribution is 2.30. The van der Waals surface area contributed by atoms with Gasteiger partial charge in [-0.2, -0.15) is 5.26 Å². The smallest absolute Gasteiger partial charge is 0.146 e. The van der Waals surface area contributed by atoms with Crippen LogP contribution < -0.4 is 4.74 Å². The fraction of sp³-hybridized carbons (Fsp3) is 0.0714. The summed E-state index contributed by atoms with van der Waals surface area (Å²) in [6, 6.07) is 14.7. The van der Waals surface area contributed by atoms with E-state index in [4.69, 9.17) is 21.6 Å². The summed E-state index contributed by atoms with van der Waals surface area (Å²) in [6.07, 6.45) is 0. The molecule has 0 N–H and O–H groups in total. The van der Waals surface area contributed by atoms with E-state index < -0.39 is 0 Å². The van der Waals surface area contributed by atoms with Gasteiger partial charge in [-0.05, 0) is 36.8 Å². The lowest BCUT2D eigenvalue weighted by Gasteiger charge is -2.09. The second-order valence-electron chi connectivity index (χ2n) is 3.64. The highest BCUT2D eigenvalue weighted by Gasteiger charge is 2.06. The lowest BCUT2D eigenvalue weighted by atomic mass is 10.1. The summed E-state index contributed by atoms with van der Waals surface area (Å²) in [4.78, 5) is 0. The second kappa shape index (κ2) is 4.90. The Balaban J connectivity index is 2.37. The van der Waals surface area contributed by atoms with E-state index in [2.05, 4.69) is 6.07 Å². The Morgan fingerprint density at radius 3 is 2.59 bits per heavy atom. The van der Waals surface area contributed by atoms with Crippen LogP contribution in [0.4, 0.5) is 0 Å². The van der Waals surface area contributed by atoms with Crippen LogP contribution in [-0.4, -0.2) is 0 Å². The Bertz CT molecular complexity index is 587. The topological polar surface area (TPSA) is 33.0 Å². The van der Waals surface area contributed by atoms with Crippen molar-refractivity contribution < 1.29 is 4.74 Å². The fourth-order valence-electron chi connectivity index (χ4n) is 1.47. The number of nitrogens with zero attached hydrogens (tertiary/aromatic N) is 1. The molecule has 0 aliphatic heterocycles. The maximum Gasteiger partial charge on any atom is 0.146 e. The van der Waals surface area contributed by atoms with Gasteiger partial charge in [-0.25, -0.2) is 0 Å². The molecule has 0 saturated carbocycles.